The molecule has 0 unspecified atom stereocenters. The molecule has 0 radical (unpaired) electrons. The zero-order valence-electron chi connectivity index (χ0n) is 9.07. The lowest BCUT2D eigenvalue weighted by Gasteiger charge is -2.12. The second-order valence-corrected chi connectivity index (χ2v) is 3.65. The van der Waals surface area contributed by atoms with Gasteiger partial charge in [0, 0.05) is 0 Å². The fourth-order valence-corrected chi connectivity index (χ4v) is 1.39. The Morgan fingerprint density at radius 1 is 1.47 bits per heavy atom. The zero-order chi connectivity index (χ0) is 11.6. The molecule has 82 valence electrons. The third-order valence-corrected chi connectivity index (χ3v) is 2.24. The van der Waals surface area contributed by atoms with Gasteiger partial charge in [-0.2, -0.15) is 0 Å². The van der Waals surface area contributed by atoms with Gasteiger partial charge in [-0.05, 0) is 23.6 Å². The average Bonchev–Trinajstić information content (AvgIpc) is 2.16. The lowest BCUT2D eigenvalue weighted by molar-refractivity contribution is 0.0693. The summed E-state index contributed by atoms with van der Waals surface area (Å²) in [4.78, 5) is 11.0. The first kappa shape index (κ1) is 11.4. The molecule has 0 saturated heterocycles. The van der Waals surface area contributed by atoms with Gasteiger partial charge in [-0.25, -0.2) is 4.79 Å². The summed E-state index contributed by atoms with van der Waals surface area (Å²) in [6, 6.07) is 3.35. The van der Waals surface area contributed by atoms with Crippen molar-refractivity contribution >= 4 is 11.7 Å². The summed E-state index contributed by atoms with van der Waals surface area (Å²) in [7, 11) is 1.41. The Balaban J connectivity index is 3.38. The van der Waals surface area contributed by atoms with Crippen LogP contribution in [0.3, 0.4) is 0 Å². The van der Waals surface area contributed by atoms with Crippen LogP contribution in [0, 0.1) is 0 Å². The van der Waals surface area contributed by atoms with Crippen molar-refractivity contribution in [3.8, 4) is 5.75 Å². The number of benzene rings is 1. The molecular weight excluding hydrogens is 194 g/mol. The van der Waals surface area contributed by atoms with Gasteiger partial charge in [0.05, 0.1) is 12.8 Å². The molecule has 0 aliphatic carbocycles. The third-order valence-electron chi connectivity index (χ3n) is 2.24. The molecule has 0 aliphatic rings. The number of nitrogens with two attached hydrogens (primary N) is 1. The highest BCUT2D eigenvalue weighted by molar-refractivity contribution is 5.93. The van der Waals surface area contributed by atoms with Crippen LogP contribution in [0.2, 0.25) is 0 Å². The summed E-state index contributed by atoms with van der Waals surface area (Å²) in [6.07, 6.45) is 0. The summed E-state index contributed by atoms with van der Waals surface area (Å²) >= 11 is 0. The van der Waals surface area contributed by atoms with Crippen molar-refractivity contribution in [3.63, 3.8) is 0 Å². The van der Waals surface area contributed by atoms with E-state index in [9.17, 15) is 4.79 Å². The molecule has 1 aromatic rings. The number of carboxylic acid groups (broad SMARTS) is 1. The Labute approximate surface area is 88.7 Å². The molecule has 3 N–H and O–H groups in total. The van der Waals surface area contributed by atoms with Crippen molar-refractivity contribution < 1.29 is 14.6 Å². The Morgan fingerprint density at radius 3 is 2.47 bits per heavy atom. The number of anilines is 1. The minimum atomic E-state index is -1.03. The van der Waals surface area contributed by atoms with Crippen LogP contribution in [0.5, 0.6) is 5.75 Å². The Morgan fingerprint density at radius 2 is 2.07 bits per heavy atom. The standard InChI is InChI=1S/C11H15NO3/c1-6(2)7-4-8(11(13)14)10(15-3)9(12)5-7/h4-6H,12H2,1-3H3,(H,13,14). The first-order chi connectivity index (χ1) is 6.97. The molecule has 1 rings (SSSR count). The molecule has 0 bridgehead atoms. The fourth-order valence-electron chi connectivity index (χ4n) is 1.39. The maximum Gasteiger partial charge on any atom is 0.339 e. The molecule has 0 atom stereocenters. The van der Waals surface area contributed by atoms with Crippen LogP contribution in [0.1, 0.15) is 35.7 Å². The molecule has 0 spiro atoms. The van der Waals surface area contributed by atoms with E-state index in [4.69, 9.17) is 15.6 Å². The summed E-state index contributed by atoms with van der Waals surface area (Å²) in [6.45, 7) is 3.96. The van der Waals surface area contributed by atoms with Crippen LogP contribution in [0.15, 0.2) is 12.1 Å². The summed E-state index contributed by atoms with van der Waals surface area (Å²) in [5.74, 6) is -0.566. The number of hydrogen-bond donors (Lipinski definition) is 2. The van der Waals surface area contributed by atoms with Gasteiger partial charge < -0.3 is 15.6 Å². The number of aromatic carboxylic acids is 1. The van der Waals surface area contributed by atoms with Crippen molar-refractivity contribution in [2.45, 2.75) is 19.8 Å². The quantitative estimate of drug-likeness (QED) is 0.748. The van der Waals surface area contributed by atoms with Crippen LogP contribution in [0.25, 0.3) is 0 Å². The largest absolute Gasteiger partial charge is 0.494 e. The van der Waals surface area contributed by atoms with Gasteiger partial charge in [0.1, 0.15) is 5.56 Å². The van der Waals surface area contributed by atoms with Crippen molar-refractivity contribution in [2.24, 2.45) is 0 Å². The highest BCUT2D eigenvalue weighted by atomic mass is 16.5. The number of hydrogen-bond acceptors (Lipinski definition) is 3. The SMILES string of the molecule is COc1c(N)cc(C(C)C)cc1C(=O)O. The van der Waals surface area contributed by atoms with E-state index in [1.807, 2.05) is 13.8 Å². The van der Waals surface area contributed by atoms with Gasteiger partial charge in [0.25, 0.3) is 0 Å². The van der Waals surface area contributed by atoms with Crippen molar-refractivity contribution in [1.29, 1.82) is 0 Å². The van der Waals surface area contributed by atoms with Crippen LogP contribution in [-0.2, 0) is 0 Å². The second-order valence-electron chi connectivity index (χ2n) is 3.65. The average molecular weight is 209 g/mol. The number of carboxylic acids is 1. The molecule has 0 aliphatic heterocycles. The number of ether oxygens (including phenoxy) is 1. The molecule has 1 aromatic carbocycles. The Bertz CT molecular complexity index is 386. The van der Waals surface area contributed by atoms with Crippen LogP contribution < -0.4 is 10.5 Å². The van der Waals surface area contributed by atoms with E-state index in [1.54, 1.807) is 12.1 Å². The summed E-state index contributed by atoms with van der Waals surface area (Å²) in [5, 5.41) is 8.99. The van der Waals surface area contributed by atoms with Crippen LogP contribution in [0.4, 0.5) is 5.69 Å². The number of methoxy groups -OCH3 is 1. The third kappa shape index (κ3) is 2.21. The molecule has 0 heterocycles. The molecular formula is C11H15NO3. The molecule has 0 saturated carbocycles. The normalized spacial score (nSPS) is 10.4. The van der Waals surface area contributed by atoms with Crippen molar-refractivity contribution in [2.75, 3.05) is 12.8 Å². The minimum Gasteiger partial charge on any atom is -0.494 e. The molecule has 0 aromatic heterocycles. The van der Waals surface area contributed by atoms with E-state index in [2.05, 4.69) is 0 Å². The molecule has 4 heteroatoms. The van der Waals surface area contributed by atoms with E-state index in [-0.39, 0.29) is 17.2 Å². The van der Waals surface area contributed by atoms with Crippen molar-refractivity contribution in [1.82, 2.24) is 0 Å². The lowest BCUT2D eigenvalue weighted by Crippen LogP contribution is -2.05. The first-order valence-electron chi connectivity index (χ1n) is 4.68. The number of nitrogen functional groups attached to an aromatic ring is 1. The van der Waals surface area contributed by atoms with Gasteiger partial charge >= 0.3 is 5.97 Å². The smallest absolute Gasteiger partial charge is 0.339 e. The number of carbonyl (C=O) groups is 1. The predicted molar refractivity (Wildman–Crippen MR) is 58.5 cm³/mol. The summed E-state index contributed by atoms with van der Waals surface area (Å²) in [5.41, 5.74) is 7.09. The van der Waals surface area contributed by atoms with Gasteiger partial charge in [-0.3, -0.25) is 0 Å². The molecule has 0 amide bonds. The topological polar surface area (TPSA) is 72.5 Å². The van der Waals surface area contributed by atoms with E-state index >= 15 is 0 Å². The molecule has 15 heavy (non-hydrogen) atoms. The van der Waals surface area contributed by atoms with E-state index in [0.717, 1.165) is 5.56 Å². The van der Waals surface area contributed by atoms with E-state index < -0.39 is 5.97 Å². The second kappa shape index (κ2) is 4.21. The van der Waals surface area contributed by atoms with Crippen LogP contribution >= 0.6 is 0 Å². The maximum absolute atomic E-state index is 11.0. The van der Waals surface area contributed by atoms with Gasteiger partial charge in [0.2, 0.25) is 0 Å². The lowest BCUT2D eigenvalue weighted by atomic mass is 9.99. The zero-order valence-corrected chi connectivity index (χ0v) is 9.07. The van der Waals surface area contributed by atoms with Gasteiger partial charge in [-0.1, -0.05) is 13.8 Å². The van der Waals surface area contributed by atoms with Crippen LogP contribution in [-0.4, -0.2) is 18.2 Å². The minimum absolute atomic E-state index is 0.112. The maximum atomic E-state index is 11.0. The first-order valence-corrected chi connectivity index (χ1v) is 4.68. The van der Waals surface area contributed by atoms with Crippen molar-refractivity contribution in [3.05, 3.63) is 23.3 Å². The van der Waals surface area contributed by atoms with Gasteiger partial charge in [0.15, 0.2) is 5.75 Å². The predicted octanol–water partition coefficient (Wildman–Crippen LogP) is 2.10. The monoisotopic (exact) mass is 209 g/mol. The Kier molecular flexibility index (Phi) is 3.19. The molecule has 0 fully saturated rings. The summed E-state index contributed by atoms with van der Waals surface area (Å²) < 4.78 is 4.97. The van der Waals surface area contributed by atoms with E-state index in [1.165, 1.54) is 7.11 Å². The number of rotatable bonds is 3. The Hall–Kier alpha value is -1.71. The van der Waals surface area contributed by atoms with Gasteiger partial charge in [-0.15, -0.1) is 0 Å². The highest BCUT2D eigenvalue weighted by Gasteiger charge is 2.16. The van der Waals surface area contributed by atoms with E-state index in [0.29, 0.717) is 5.69 Å². The fraction of sp³-hybridized carbons (Fsp3) is 0.364. The highest BCUT2D eigenvalue weighted by Crippen LogP contribution is 2.30. The molecule has 4 nitrogen and oxygen atoms in total.